The molecule has 0 saturated heterocycles. The summed E-state index contributed by atoms with van der Waals surface area (Å²) < 4.78 is 14.6. The van der Waals surface area contributed by atoms with Crippen molar-refractivity contribution < 1.29 is 9.00 Å². The summed E-state index contributed by atoms with van der Waals surface area (Å²) in [6, 6.07) is 16.4. The van der Waals surface area contributed by atoms with Gasteiger partial charge in [0.1, 0.15) is 5.69 Å². The topological polar surface area (TPSA) is 84.0 Å². The van der Waals surface area contributed by atoms with Gasteiger partial charge in [0.25, 0.3) is 5.91 Å². The molecule has 2 N–H and O–H groups in total. The lowest BCUT2D eigenvalue weighted by Gasteiger charge is -2.10. The van der Waals surface area contributed by atoms with Crippen molar-refractivity contribution in [2.75, 3.05) is 16.3 Å². The van der Waals surface area contributed by atoms with Crippen LogP contribution in [0.15, 0.2) is 60.8 Å². The number of aromatic nitrogens is 2. The van der Waals surface area contributed by atoms with Crippen molar-refractivity contribution in [2.45, 2.75) is 6.92 Å². The number of hydrogen-bond donors (Lipinski definition) is 2. The molecule has 1 atom stereocenters. The van der Waals surface area contributed by atoms with Crippen LogP contribution in [0.3, 0.4) is 0 Å². The quantitative estimate of drug-likeness (QED) is 0.665. The first-order valence-electron chi connectivity index (χ1n) is 8.22. The molecule has 0 aliphatic carbocycles. The van der Waals surface area contributed by atoms with Gasteiger partial charge in [0.15, 0.2) is 0 Å². The predicted molar refractivity (Wildman–Crippen MR) is 111 cm³/mol. The second-order valence-electron chi connectivity index (χ2n) is 6.19. The predicted octanol–water partition coefficient (Wildman–Crippen LogP) is 3.38. The van der Waals surface area contributed by atoms with Gasteiger partial charge in [-0.05, 0) is 37.1 Å². The fraction of sp³-hybridized carbons (Fsp3) is 0.100. The Hall–Kier alpha value is -3.19. The van der Waals surface area contributed by atoms with E-state index in [1.54, 1.807) is 25.3 Å². The Morgan fingerprint density at radius 1 is 1.04 bits per heavy atom. The summed E-state index contributed by atoms with van der Waals surface area (Å²) >= 11 is 0. The Balaban J connectivity index is 1.85. The molecule has 7 heteroatoms. The Morgan fingerprint density at radius 3 is 2.33 bits per heavy atom. The molecule has 138 valence electrons. The van der Waals surface area contributed by atoms with Crippen LogP contribution in [-0.2, 0) is 9.71 Å². The van der Waals surface area contributed by atoms with Crippen LogP contribution < -0.4 is 10.0 Å². The zero-order valence-corrected chi connectivity index (χ0v) is 15.9. The van der Waals surface area contributed by atoms with Gasteiger partial charge in [-0.1, -0.05) is 30.3 Å². The summed E-state index contributed by atoms with van der Waals surface area (Å²) in [7, 11) is -2.34. The van der Waals surface area contributed by atoms with Gasteiger partial charge in [-0.3, -0.25) is 9.78 Å². The zero-order valence-electron chi connectivity index (χ0n) is 15.1. The number of amides is 1. The number of carbonyl (C=O) groups is 1. The van der Waals surface area contributed by atoms with Gasteiger partial charge in [0.2, 0.25) is 0 Å². The number of aryl methyl sites for hydroxylation is 1. The number of carbonyl (C=O) groups excluding carboxylic acids is 1. The van der Waals surface area contributed by atoms with Gasteiger partial charge in [-0.2, -0.15) is 0 Å². The SMILES string of the molecule is C=S(C)(=O)Nc1ccc(-c2cnc(C)c(C(=O)Nc3ccccc3)n2)cc1. The van der Waals surface area contributed by atoms with E-state index in [9.17, 15) is 9.00 Å². The van der Waals surface area contributed by atoms with Crippen LogP contribution in [0.25, 0.3) is 11.3 Å². The van der Waals surface area contributed by atoms with Crippen molar-refractivity contribution >= 4 is 32.9 Å². The van der Waals surface area contributed by atoms with E-state index in [0.717, 1.165) is 5.56 Å². The normalized spacial score (nSPS) is 12.8. The zero-order chi connectivity index (χ0) is 19.4. The number of nitrogens with one attached hydrogen (secondary N) is 2. The molecule has 3 aromatic rings. The average Bonchev–Trinajstić information content (AvgIpc) is 2.62. The van der Waals surface area contributed by atoms with Crippen molar-refractivity contribution in [3.05, 3.63) is 72.2 Å². The van der Waals surface area contributed by atoms with E-state index in [1.165, 1.54) is 6.26 Å². The molecule has 1 amide bonds. The second kappa shape index (κ2) is 7.59. The molecule has 1 unspecified atom stereocenters. The first-order valence-corrected chi connectivity index (χ1v) is 10.4. The van der Waals surface area contributed by atoms with Crippen LogP contribution in [0.1, 0.15) is 16.2 Å². The van der Waals surface area contributed by atoms with Crippen LogP contribution in [-0.4, -0.2) is 32.2 Å². The van der Waals surface area contributed by atoms with Crippen molar-refractivity contribution in [2.24, 2.45) is 0 Å². The molecule has 0 bridgehead atoms. The van der Waals surface area contributed by atoms with E-state index in [1.807, 2.05) is 42.5 Å². The summed E-state index contributed by atoms with van der Waals surface area (Å²) in [5.74, 6) is 3.26. The third-order valence-electron chi connectivity index (χ3n) is 3.72. The van der Waals surface area contributed by atoms with Crippen LogP contribution in [0.2, 0.25) is 0 Å². The van der Waals surface area contributed by atoms with E-state index >= 15 is 0 Å². The van der Waals surface area contributed by atoms with Gasteiger partial charge < -0.3 is 10.0 Å². The van der Waals surface area contributed by atoms with Crippen LogP contribution in [0, 0.1) is 6.92 Å². The van der Waals surface area contributed by atoms with Crippen molar-refractivity contribution in [1.82, 2.24) is 9.97 Å². The molecule has 0 saturated carbocycles. The Morgan fingerprint density at radius 2 is 1.70 bits per heavy atom. The number of hydrogen-bond acceptors (Lipinski definition) is 4. The largest absolute Gasteiger partial charge is 0.321 e. The smallest absolute Gasteiger partial charge is 0.276 e. The molecule has 0 spiro atoms. The van der Waals surface area contributed by atoms with E-state index in [-0.39, 0.29) is 11.6 Å². The minimum Gasteiger partial charge on any atom is -0.321 e. The van der Waals surface area contributed by atoms with E-state index in [4.69, 9.17) is 0 Å². The minimum atomic E-state index is -2.34. The van der Waals surface area contributed by atoms with Crippen LogP contribution in [0.4, 0.5) is 11.4 Å². The molecular formula is C20H20N4O2S. The molecule has 0 fully saturated rings. The maximum absolute atomic E-state index is 12.6. The van der Waals surface area contributed by atoms with E-state index < -0.39 is 9.71 Å². The lowest BCUT2D eigenvalue weighted by atomic mass is 10.1. The fourth-order valence-corrected chi connectivity index (χ4v) is 3.11. The lowest BCUT2D eigenvalue weighted by Crippen LogP contribution is -2.16. The first kappa shape index (κ1) is 18.6. The Kier molecular flexibility index (Phi) is 5.23. The molecule has 27 heavy (non-hydrogen) atoms. The number of benzene rings is 2. The van der Waals surface area contributed by atoms with Gasteiger partial charge in [-0.15, -0.1) is 0 Å². The maximum atomic E-state index is 12.6. The summed E-state index contributed by atoms with van der Waals surface area (Å²) in [4.78, 5) is 21.4. The second-order valence-corrected chi connectivity index (χ2v) is 8.41. The average molecular weight is 380 g/mol. The molecule has 0 radical (unpaired) electrons. The van der Waals surface area contributed by atoms with Gasteiger partial charge >= 0.3 is 0 Å². The monoisotopic (exact) mass is 380 g/mol. The fourth-order valence-electron chi connectivity index (χ4n) is 2.47. The highest BCUT2D eigenvalue weighted by atomic mass is 32.2. The maximum Gasteiger partial charge on any atom is 0.276 e. The Bertz CT molecular complexity index is 1060. The number of rotatable bonds is 5. The summed E-state index contributed by atoms with van der Waals surface area (Å²) in [5.41, 5.74) is 3.59. The standard InChI is InChI=1S/C20H20N4O2S/c1-14-19(20(25)22-16-7-5-4-6-8-16)23-18(13-21-14)15-9-11-17(12-10-15)24-27(2,3)26/h4-13H,2H2,1,3H3,(H,22,25)(H,24,26). The van der Waals surface area contributed by atoms with Crippen LogP contribution in [0.5, 0.6) is 0 Å². The van der Waals surface area contributed by atoms with Gasteiger partial charge in [-0.25, -0.2) is 9.19 Å². The molecule has 6 nitrogen and oxygen atoms in total. The Labute approximate surface area is 158 Å². The number of anilines is 2. The highest BCUT2D eigenvalue weighted by Gasteiger charge is 2.14. The molecule has 3 rings (SSSR count). The highest BCUT2D eigenvalue weighted by molar-refractivity contribution is 8.00. The summed E-state index contributed by atoms with van der Waals surface area (Å²) in [6.45, 7) is 1.75. The molecular weight excluding hydrogens is 360 g/mol. The summed E-state index contributed by atoms with van der Waals surface area (Å²) in [5, 5.41) is 2.82. The minimum absolute atomic E-state index is 0.271. The van der Waals surface area contributed by atoms with Crippen LogP contribution >= 0.6 is 0 Å². The van der Waals surface area contributed by atoms with E-state index in [0.29, 0.717) is 22.8 Å². The van der Waals surface area contributed by atoms with E-state index in [2.05, 4.69) is 25.9 Å². The molecule has 2 aromatic carbocycles. The van der Waals surface area contributed by atoms with Crippen molar-refractivity contribution in [3.63, 3.8) is 0 Å². The third kappa shape index (κ3) is 4.92. The molecule has 0 aliphatic heterocycles. The van der Waals surface area contributed by atoms with Crippen molar-refractivity contribution in [3.8, 4) is 11.3 Å². The number of nitrogens with zero attached hydrogens (tertiary/aromatic N) is 2. The number of para-hydroxylation sites is 1. The lowest BCUT2D eigenvalue weighted by molar-refractivity contribution is 0.102. The van der Waals surface area contributed by atoms with Crippen molar-refractivity contribution in [1.29, 1.82) is 0 Å². The van der Waals surface area contributed by atoms with Gasteiger partial charge in [0.05, 0.1) is 17.6 Å². The first-order chi connectivity index (χ1) is 12.8. The summed E-state index contributed by atoms with van der Waals surface area (Å²) in [6.07, 6.45) is 3.16. The highest BCUT2D eigenvalue weighted by Crippen LogP contribution is 2.21. The van der Waals surface area contributed by atoms with Gasteiger partial charge in [0, 0.05) is 32.9 Å². The third-order valence-corrected chi connectivity index (χ3v) is 4.38. The molecule has 0 aliphatic rings. The molecule has 1 aromatic heterocycles. The molecule has 1 heterocycles.